The molecule has 2 heteroatoms. The Labute approximate surface area is 78.9 Å². The van der Waals surface area contributed by atoms with E-state index in [1.54, 1.807) is 0 Å². The van der Waals surface area contributed by atoms with Gasteiger partial charge in [-0.05, 0) is 12.0 Å². The van der Waals surface area contributed by atoms with Crippen LogP contribution in [0.4, 0.5) is 0 Å². The number of nitrogens with zero attached hydrogens (tertiary/aromatic N) is 2. The largest absolute Gasteiger partial charge is 0.297 e. The molecular formula is C11H14N2. The summed E-state index contributed by atoms with van der Waals surface area (Å²) in [5.74, 6) is 0.645. The van der Waals surface area contributed by atoms with Gasteiger partial charge in [-0.25, -0.2) is 0 Å². The molecule has 0 bridgehead atoms. The molecule has 0 spiro atoms. The molecule has 2 nitrogen and oxygen atoms in total. The number of hydrazone groups is 1. The Morgan fingerprint density at radius 1 is 1.31 bits per heavy atom. The molecule has 1 aromatic rings. The molecule has 1 aliphatic rings. The number of hydrogen-bond donors (Lipinski definition) is 0. The summed E-state index contributed by atoms with van der Waals surface area (Å²) in [4.78, 5) is 0. The molecule has 1 saturated heterocycles. The standard InChI is InChI=1S/C11H14N2/c1-12-13-8-7-11(9-13)10-5-3-2-4-6-10/h2-6,11H,1,7-9H2. The first-order valence-corrected chi connectivity index (χ1v) is 4.66. The molecule has 1 aromatic carbocycles. The van der Waals surface area contributed by atoms with Crippen molar-refractivity contribution in [3.8, 4) is 0 Å². The Kier molecular flexibility index (Phi) is 2.30. The van der Waals surface area contributed by atoms with Crippen LogP contribution in [0, 0.1) is 0 Å². The van der Waals surface area contributed by atoms with Gasteiger partial charge in [0.1, 0.15) is 0 Å². The second-order valence-corrected chi connectivity index (χ2v) is 3.45. The lowest BCUT2D eigenvalue weighted by molar-refractivity contribution is 0.358. The molecule has 68 valence electrons. The van der Waals surface area contributed by atoms with E-state index in [0.717, 1.165) is 13.1 Å². The molecule has 0 N–H and O–H groups in total. The van der Waals surface area contributed by atoms with Gasteiger partial charge in [0.15, 0.2) is 0 Å². The summed E-state index contributed by atoms with van der Waals surface area (Å²) >= 11 is 0. The van der Waals surface area contributed by atoms with E-state index < -0.39 is 0 Å². The molecule has 0 saturated carbocycles. The summed E-state index contributed by atoms with van der Waals surface area (Å²) in [7, 11) is 0. The van der Waals surface area contributed by atoms with E-state index >= 15 is 0 Å². The molecule has 2 rings (SSSR count). The van der Waals surface area contributed by atoms with E-state index in [2.05, 4.69) is 42.2 Å². The lowest BCUT2D eigenvalue weighted by Crippen LogP contribution is -2.11. The highest BCUT2D eigenvalue weighted by molar-refractivity contribution is 5.24. The van der Waals surface area contributed by atoms with Crippen molar-refractivity contribution in [2.45, 2.75) is 12.3 Å². The summed E-state index contributed by atoms with van der Waals surface area (Å²) < 4.78 is 0. The highest BCUT2D eigenvalue weighted by Crippen LogP contribution is 2.26. The van der Waals surface area contributed by atoms with Crippen molar-refractivity contribution in [3.05, 3.63) is 35.9 Å². The van der Waals surface area contributed by atoms with Crippen LogP contribution in [0.1, 0.15) is 17.9 Å². The molecule has 1 unspecified atom stereocenters. The minimum atomic E-state index is 0.645. The van der Waals surface area contributed by atoms with Crippen molar-refractivity contribution in [2.24, 2.45) is 5.10 Å². The summed E-state index contributed by atoms with van der Waals surface area (Å²) in [6.07, 6.45) is 1.20. The minimum absolute atomic E-state index is 0.645. The highest BCUT2D eigenvalue weighted by atomic mass is 15.4. The van der Waals surface area contributed by atoms with Crippen molar-refractivity contribution in [1.29, 1.82) is 0 Å². The van der Waals surface area contributed by atoms with E-state index in [4.69, 9.17) is 0 Å². The molecule has 1 fully saturated rings. The fourth-order valence-corrected chi connectivity index (χ4v) is 1.87. The first kappa shape index (κ1) is 8.30. The van der Waals surface area contributed by atoms with Crippen LogP contribution >= 0.6 is 0 Å². The van der Waals surface area contributed by atoms with Gasteiger partial charge in [0.25, 0.3) is 0 Å². The second-order valence-electron chi connectivity index (χ2n) is 3.45. The van der Waals surface area contributed by atoms with Crippen molar-refractivity contribution in [3.63, 3.8) is 0 Å². The van der Waals surface area contributed by atoms with Gasteiger partial charge in [0.2, 0.25) is 0 Å². The average molecular weight is 174 g/mol. The fraction of sp³-hybridized carbons (Fsp3) is 0.364. The third-order valence-corrected chi connectivity index (χ3v) is 2.64. The molecule has 1 atom stereocenters. The maximum Gasteiger partial charge on any atom is 0.0429 e. The van der Waals surface area contributed by atoms with E-state index in [-0.39, 0.29) is 0 Å². The van der Waals surface area contributed by atoms with Gasteiger partial charge in [-0.3, -0.25) is 5.01 Å². The molecule has 0 amide bonds. The van der Waals surface area contributed by atoms with Crippen LogP contribution in [-0.2, 0) is 0 Å². The molecule has 0 radical (unpaired) electrons. The van der Waals surface area contributed by atoms with Gasteiger partial charge in [-0.15, -0.1) is 0 Å². The Morgan fingerprint density at radius 3 is 2.69 bits per heavy atom. The third-order valence-electron chi connectivity index (χ3n) is 2.64. The van der Waals surface area contributed by atoms with Gasteiger partial charge in [-0.1, -0.05) is 30.3 Å². The van der Waals surface area contributed by atoms with Gasteiger partial charge < -0.3 is 0 Å². The molecule has 0 aliphatic carbocycles. The van der Waals surface area contributed by atoms with Crippen LogP contribution < -0.4 is 0 Å². The molecule has 1 aliphatic heterocycles. The van der Waals surface area contributed by atoms with Crippen molar-refractivity contribution in [2.75, 3.05) is 13.1 Å². The topological polar surface area (TPSA) is 15.6 Å². The zero-order valence-electron chi connectivity index (χ0n) is 7.69. The van der Waals surface area contributed by atoms with Gasteiger partial charge in [-0.2, -0.15) is 5.10 Å². The van der Waals surface area contributed by atoms with E-state index in [9.17, 15) is 0 Å². The second kappa shape index (κ2) is 3.60. The monoisotopic (exact) mass is 174 g/mol. The maximum atomic E-state index is 3.95. The highest BCUT2D eigenvalue weighted by Gasteiger charge is 2.21. The average Bonchev–Trinajstić information content (AvgIpc) is 2.67. The normalized spacial score (nSPS) is 21.8. The van der Waals surface area contributed by atoms with Gasteiger partial charge >= 0.3 is 0 Å². The summed E-state index contributed by atoms with van der Waals surface area (Å²) in [5, 5.41) is 5.99. The zero-order chi connectivity index (χ0) is 9.10. The maximum absolute atomic E-state index is 3.95. The van der Waals surface area contributed by atoms with E-state index in [0.29, 0.717) is 5.92 Å². The molecule has 13 heavy (non-hydrogen) atoms. The van der Waals surface area contributed by atoms with Crippen molar-refractivity contribution in [1.82, 2.24) is 5.01 Å². The molecule has 0 aromatic heterocycles. The molecule has 1 heterocycles. The van der Waals surface area contributed by atoms with Crippen molar-refractivity contribution >= 4 is 6.72 Å². The van der Waals surface area contributed by atoms with E-state index in [1.807, 2.05) is 5.01 Å². The van der Waals surface area contributed by atoms with Crippen LogP contribution in [-0.4, -0.2) is 24.8 Å². The number of hydrogen-bond acceptors (Lipinski definition) is 2. The van der Waals surface area contributed by atoms with Gasteiger partial charge in [0.05, 0.1) is 0 Å². The molecular weight excluding hydrogens is 160 g/mol. The smallest absolute Gasteiger partial charge is 0.0429 e. The van der Waals surface area contributed by atoms with Crippen molar-refractivity contribution < 1.29 is 0 Å². The lowest BCUT2D eigenvalue weighted by Gasteiger charge is -2.11. The number of rotatable bonds is 2. The first-order valence-electron chi connectivity index (χ1n) is 4.66. The summed E-state index contributed by atoms with van der Waals surface area (Å²) in [5.41, 5.74) is 1.42. The lowest BCUT2D eigenvalue weighted by atomic mass is 9.99. The van der Waals surface area contributed by atoms with Gasteiger partial charge in [0, 0.05) is 25.7 Å². The Balaban J connectivity index is 2.08. The Bertz CT molecular complexity index is 281. The number of benzene rings is 1. The fourth-order valence-electron chi connectivity index (χ4n) is 1.87. The van der Waals surface area contributed by atoms with Crippen LogP contribution in [0.5, 0.6) is 0 Å². The Hall–Kier alpha value is -1.31. The zero-order valence-corrected chi connectivity index (χ0v) is 7.69. The predicted molar refractivity (Wildman–Crippen MR) is 54.9 cm³/mol. The first-order chi connectivity index (χ1) is 6.40. The quantitative estimate of drug-likeness (QED) is 0.627. The SMILES string of the molecule is C=NN1CCC(c2ccccc2)C1. The minimum Gasteiger partial charge on any atom is -0.297 e. The van der Waals surface area contributed by atoms with Crippen LogP contribution in [0.15, 0.2) is 35.4 Å². The van der Waals surface area contributed by atoms with E-state index in [1.165, 1.54) is 12.0 Å². The predicted octanol–water partition coefficient (Wildman–Crippen LogP) is 2.09. The Morgan fingerprint density at radius 2 is 2.08 bits per heavy atom. The van der Waals surface area contributed by atoms with Crippen LogP contribution in [0.25, 0.3) is 0 Å². The summed E-state index contributed by atoms with van der Waals surface area (Å²) in [6.45, 7) is 5.61. The third kappa shape index (κ3) is 1.72. The van der Waals surface area contributed by atoms with Crippen LogP contribution in [0.3, 0.4) is 0 Å². The summed E-state index contributed by atoms with van der Waals surface area (Å²) in [6, 6.07) is 10.6. The van der Waals surface area contributed by atoms with Crippen LogP contribution in [0.2, 0.25) is 0 Å².